The summed E-state index contributed by atoms with van der Waals surface area (Å²) in [6.07, 6.45) is 2.53. The lowest BCUT2D eigenvalue weighted by atomic mass is 9.91. The second kappa shape index (κ2) is 5.75. The molecule has 0 saturated carbocycles. The smallest absolute Gasteiger partial charge is 0.137 e. The van der Waals surface area contributed by atoms with Crippen molar-refractivity contribution in [1.82, 2.24) is 10.2 Å². The van der Waals surface area contributed by atoms with Gasteiger partial charge >= 0.3 is 0 Å². The van der Waals surface area contributed by atoms with Gasteiger partial charge in [0.05, 0.1) is 0 Å². The average molecular weight is 226 g/mol. The largest absolute Gasteiger partial charge is 0.381 e. The summed E-state index contributed by atoms with van der Waals surface area (Å²) in [5.74, 6) is 0.680. The lowest BCUT2D eigenvalue weighted by molar-refractivity contribution is -0.126. The molecule has 0 aliphatic carbocycles. The number of hydrogen-bond donors (Lipinski definition) is 1. The molecule has 4 heteroatoms. The molecule has 2 aliphatic rings. The van der Waals surface area contributed by atoms with E-state index in [-0.39, 0.29) is 5.92 Å². The van der Waals surface area contributed by atoms with Crippen LogP contribution >= 0.6 is 0 Å². The summed E-state index contributed by atoms with van der Waals surface area (Å²) >= 11 is 0. The number of likely N-dealkylation sites (N-methyl/N-ethyl adjacent to an activating group) is 1. The van der Waals surface area contributed by atoms with Gasteiger partial charge in [-0.2, -0.15) is 0 Å². The zero-order chi connectivity index (χ0) is 11.4. The zero-order valence-electron chi connectivity index (χ0n) is 10.1. The van der Waals surface area contributed by atoms with E-state index in [2.05, 4.69) is 17.3 Å². The predicted octanol–water partition coefficient (Wildman–Crippen LogP) is 0.276. The Morgan fingerprint density at radius 2 is 2.19 bits per heavy atom. The first-order valence-corrected chi connectivity index (χ1v) is 6.28. The van der Waals surface area contributed by atoms with Gasteiger partial charge in [-0.15, -0.1) is 0 Å². The van der Waals surface area contributed by atoms with Crippen LogP contribution in [0.2, 0.25) is 0 Å². The van der Waals surface area contributed by atoms with Gasteiger partial charge in [-0.25, -0.2) is 0 Å². The van der Waals surface area contributed by atoms with Crippen LogP contribution in [-0.4, -0.2) is 56.6 Å². The van der Waals surface area contributed by atoms with Crippen LogP contribution in [0.3, 0.4) is 0 Å². The number of carbonyl (C=O) groups is 1. The van der Waals surface area contributed by atoms with Crippen LogP contribution in [-0.2, 0) is 9.53 Å². The van der Waals surface area contributed by atoms with Crippen LogP contribution in [0.4, 0.5) is 0 Å². The summed E-state index contributed by atoms with van der Waals surface area (Å²) in [6, 6.07) is 0.356. The van der Waals surface area contributed by atoms with E-state index in [1.54, 1.807) is 0 Å². The standard InChI is InChI=1S/C12H22N2O2/c1-14-5-4-13-11(9-14)8-12(15)10-2-6-16-7-3-10/h10-11,13H,2-9H2,1H3. The molecule has 2 saturated heterocycles. The number of nitrogens with one attached hydrogen (secondary N) is 1. The Hall–Kier alpha value is -0.450. The molecule has 2 rings (SSSR count). The highest BCUT2D eigenvalue weighted by atomic mass is 16.5. The lowest BCUT2D eigenvalue weighted by Gasteiger charge is -2.31. The van der Waals surface area contributed by atoms with Gasteiger partial charge in [-0.3, -0.25) is 4.79 Å². The second-order valence-electron chi connectivity index (χ2n) is 4.97. The number of hydrogen-bond acceptors (Lipinski definition) is 4. The van der Waals surface area contributed by atoms with E-state index >= 15 is 0 Å². The van der Waals surface area contributed by atoms with E-state index in [4.69, 9.17) is 4.74 Å². The van der Waals surface area contributed by atoms with Gasteiger partial charge in [-0.05, 0) is 19.9 Å². The quantitative estimate of drug-likeness (QED) is 0.750. The summed E-state index contributed by atoms with van der Waals surface area (Å²) in [5, 5.41) is 3.43. The maximum atomic E-state index is 12.1. The van der Waals surface area contributed by atoms with Crippen LogP contribution in [0.15, 0.2) is 0 Å². The van der Waals surface area contributed by atoms with Gasteiger partial charge in [0.1, 0.15) is 5.78 Å². The first kappa shape index (κ1) is 12.0. The van der Waals surface area contributed by atoms with Crippen molar-refractivity contribution in [2.24, 2.45) is 5.92 Å². The lowest BCUT2D eigenvalue weighted by Crippen LogP contribution is -2.50. The number of piperazine rings is 1. The molecule has 2 aliphatic heterocycles. The maximum Gasteiger partial charge on any atom is 0.137 e. The van der Waals surface area contributed by atoms with Crippen LogP contribution in [0.5, 0.6) is 0 Å². The highest BCUT2D eigenvalue weighted by Gasteiger charge is 2.25. The molecule has 4 nitrogen and oxygen atoms in total. The molecule has 92 valence electrons. The predicted molar refractivity (Wildman–Crippen MR) is 62.5 cm³/mol. The molecule has 0 bridgehead atoms. The SMILES string of the molecule is CN1CCNC(CC(=O)C2CCOCC2)C1. The summed E-state index contributed by atoms with van der Waals surface area (Å²) in [5.41, 5.74) is 0. The number of Topliss-reactive ketones (excluding diaryl/α,β-unsaturated/α-hetero) is 1. The fourth-order valence-electron chi connectivity index (χ4n) is 2.56. The molecule has 0 spiro atoms. The third kappa shape index (κ3) is 3.27. The van der Waals surface area contributed by atoms with Crippen molar-refractivity contribution < 1.29 is 9.53 Å². The first-order chi connectivity index (χ1) is 7.75. The molecule has 16 heavy (non-hydrogen) atoms. The Bertz CT molecular complexity index is 239. The van der Waals surface area contributed by atoms with Gasteiger partial charge in [0.15, 0.2) is 0 Å². The fraction of sp³-hybridized carbons (Fsp3) is 0.917. The molecular weight excluding hydrogens is 204 g/mol. The van der Waals surface area contributed by atoms with Crippen molar-refractivity contribution in [2.75, 3.05) is 39.9 Å². The van der Waals surface area contributed by atoms with Crippen molar-refractivity contribution in [1.29, 1.82) is 0 Å². The van der Waals surface area contributed by atoms with E-state index in [0.29, 0.717) is 18.2 Å². The Balaban J connectivity index is 1.77. The monoisotopic (exact) mass is 226 g/mol. The van der Waals surface area contributed by atoms with Crippen molar-refractivity contribution in [3.8, 4) is 0 Å². The maximum absolute atomic E-state index is 12.1. The number of rotatable bonds is 3. The highest BCUT2D eigenvalue weighted by Crippen LogP contribution is 2.18. The van der Waals surface area contributed by atoms with E-state index in [0.717, 1.165) is 45.7 Å². The second-order valence-corrected chi connectivity index (χ2v) is 4.97. The molecular formula is C12H22N2O2. The topological polar surface area (TPSA) is 41.6 Å². The Morgan fingerprint density at radius 3 is 2.88 bits per heavy atom. The normalized spacial score (nSPS) is 29.2. The molecule has 0 radical (unpaired) electrons. The van der Waals surface area contributed by atoms with Crippen LogP contribution in [0.1, 0.15) is 19.3 Å². The van der Waals surface area contributed by atoms with E-state index < -0.39 is 0 Å². The summed E-state index contributed by atoms with van der Waals surface area (Å²) in [4.78, 5) is 14.3. The van der Waals surface area contributed by atoms with E-state index in [1.165, 1.54) is 0 Å². The van der Waals surface area contributed by atoms with Crippen molar-refractivity contribution in [3.05, 3.63) is 0 Å². The zero-order valence-corrected chi connectivity index (χ0v) is 10.1. The number of ether oxygens (including phenoxy) is 1. The molecule has 2 heterocycles. The van der Waals surface area contributed by atoms with Gasteiger partial charge in [0.25, 0.3) is 0 Å². The molecule has 0 aromatic heterocycles. The van der Waals surface area contributed by atoms with Crippen LogP contribution in [0, 0.1) is 5.92 Å². The fourth-order valence-corrected chi connectivity index (χ4v) is 2.56. The average Bonchev–Trinajstić information content (AvgIpc) is 2.30. The first-order valence-electron chi connectivity index (χ1n) is 6.28. The highest BCUT2D eigenvalue weighted by molar-refractivity contribution is 5.81. The number of nitrogens with zero attached hydrogens (tertiary/aromatic N) is 1. The third-order valence-electron chi connectivity index (χ3n) is 3.58. The Labute approximate surface area is 97.3 Å². The summed E-state index contributed by atoms with van der Waals surface area (Å²) < 4.78 is 5.28. The minimum atomic E-state index is 0.253. The van der Waals surface area contributed by atoms with Crippen molar-refractivity contribution >= 4 is 5.78 Å². The molecule has 1 atom stereocenters. The van der Waals surface area contributed by atoms with E-state index in [9.17, 15) is 4.79 Å². The number of ketones is 1. The van der Waals surface area contributed by atoms with Gasteiger partial charge < -0.3 is 15.0 Å². The molecule has 0 aromatic carbocycles. The van der Waals surface area contributed by atoms with Crippen molar-refractivity contribution in [2.45, 2.75) is 25.3 Å². The van der Waals surface area contributed by atoms with Gasteiger partial charge in [0, 0.05) is 51.2 Å². The van der Waals surface area contributed by atoms with Crippen LogP contribution < -0.4 is 5.32 Å². The minimum absolute atomic E-state index is 0.253. The molecule has 2 fully saturated rings. The molecule has 0 aromatic rings. The summed E-state index contributed by atoms with van der Waals surface area (Å²) in [6.45, 7) is 4.60. The van der Waals surface area contributed by atoms with E-state index in [1.807, 2.05) is 0 Å². The molecule has 1 N–H and O–H groups in total. The minimum Gasteiger partial charge on any atom is -0.381 e. The van der Waals surface area contributed by atoms with Gasteiger partial charge in [-0.1, -0.05) is 0 Å². The Morgan fingerprint density at radius 1 is 1.44 bits per heavy atom. The van der Waals surface area contributed by atoms with Gasteiger partial charge in [0.2, 0.25) is 0 Å². The number of carbonyl (C=O) groups excluding carboxylic acids is 1. The van der Waals surface area contributed by atoms with Crippen molar-refractivity contribution in [3.63, 3.8) is 0 Å². The molecule has 0 amide bonds. The molecule has 1 unspecified atom stereocenters. The van der Waals surface area contributed by atoms with Crippen LogP contribution in [0.25, 0.3) is 0 Å². The summed E-state index contributed by atoms with van der Waals surface area (Å²) in [7, 11) is 2.12. The Kier molecular flexibility index (Phi) is 4.32. The third-order valence-corrected chi connectivity index (χ3v) is 3.58.